The molecule has 0 aliphatic carbocycles. The van der Waals surface area contributed by atoms with Gasteiger partial charge in [0.1, 0.15) is 12.4 Å². The number of halogens is 1. The molecule has 4 nitrogen and oxygen atoms in total. The maximum absolute atomic E-state index is 13.5. The van der Waals surface area contributed by atoms with Gasteiger partial charge in [-0.2, -0.15) is 0 Å². The van der Waals surface area contributed by atoms with Crippen molar-refractivity contribution in [2.45, 2.75) is 25.3 Å². The summed E-state index contributed by atoms with van der Waals surface area (Å²) < 4.78 is 13.5. The SMILES string of the molecule is O=C(c1cc(F)ccc1C#CCO)N1CCCCC1CO. The topological polar surface area (TPSA) is 60.8 Å². The molecule has 1 fully saturated rings. The third kappa shape index (κ3) is 3.60. The first-order valence-corrected chi connectivity index (χ1v) is 6.98. The normalized spacial score (nSPS) is 18.0. The van der Waals surface area contributed by atoms with Crippen LogP contribution in [0.1, 0.15) is 35.2 Å². The quantitative estimate of drug-likeness (QED) is 0.804. The van der Waals surface area contributed by atoms with E-state index >= 15 is 0 Å². The molecule has 21 heavy (non-hydrogen) atoms. The third-order valence-electron chi connectivity index (χ3n) is 3.61. The van der Waals surface area contributed by atoms with Gasteiger partial charge in [-0.15, -0.1) is 0 Å². The second-order valence-electron chi connectivity index (χ2n) is 4.98. The van der Waals surface area contributed by atoms with Gasteiger partial charge in [-0.1, -0.05) is 11.8 Å². The van der Waals surface area contributed by atoms with Gasteiger partial charge >= 0.3 is 0 Å². The molecule has 0 bridgehead atoms. The zero-order chi connectivity index (χ0) is 15.2. The molecule has 5 heteroatoms. The summed E-state index contributed by atoms with van der Waals surface area (Å²) in [6.07, 6.45) is 2.58. The maximum Gasteiger partial charge on any atom is 0.255 e. The summed E-state index contributed by atoms with van der Waals surface area (Å²) in [4.78, 5) is 14.2. The summed E-state index contributed by atoms with van der Waals surface area (Å²) in [5.41, 5.74) is 0.564. The fraction of sp³-hybridized carbons (Fsp3) is 0.438. The monoisotopic (exact) mass is 291 g/mol. The maximum atomic E-state index is 13.5. The Morgan fingerprint density at radius 3 is 2.90 bits per heavy atom. The van der Waals surface area contributed by atoms with Crippen LogP contribution in [0.25, 0.3) is 0 Å². The first-order valence-electron chi connectivity index (χ1n) is 6.98. The Bertz CT molecular complexity index is 577. The molecule has 0 radical (unpaired) electrons. The molecule has 1 saturated heterocycles. The van der Waals surface area contributed by atoms with Crippen LogP contribution in [0.15, 0.2) is 18.2 Å². The number of piperidine rings is 1. The van der Waals surface area contributed by atoms with Crippen molar-refractivity contribution in [3.05, 3.63) is 35.1 Å². The van der Waals surface area contributed by atoms with Crippen molar-refractivity contribution in [1.29, 1.82) is 0 Å². The van der Waals surface area contributed by atoms with Crippen LogP contribution in [-0.2, 0) is 0 Å². The minimum absolute atomic E-state index is 0.0985. The van der Waals surface area contributed by atoms with E-state index in [0.29, 0.717) is 12.1 Å². The summed E-state index contributed by atoms with van der Waals surface area (Å²) in [6, 6.07) is 3.60. The number of likely N-dealkylation sites (tertiary alicyclic amines) is 1. The minimum atomic E-state index is -0.509. The Morgan fingerprint density at radius 2 is 2.19 bits per heavy atom. The van der Waals surface area contributed by atoms with E-state index in [2.05, 4.69) is 11.8 Å². The average Bonchev–Trinajstić information content (AvgIpc) is 2.53. The second-order valence-corrected chi connectivity index (χ2v) is 4.98. The van der Waals surface area contributed by atoms with Crippen molar-refractivity contribution in [2.75, 3.05) is 19.8 Å². The Kier molecular flexibility index (Phi) is 5.32. The highest BCUT2D eigenvalue weighted by Gasteiger charge is 2.28. The number of hydrogen-bond donors (Lipinski definition) is 2. The molecule has 1 aromatic carbocycles. The van der Waals surface area contributed by atoms with E-state index in [0.717, 1.165) is 25.3 Å². The number of hydrogen-bond acceptors (Lipinski definition) is 3. The summed E-state index contributed by atoms with van der Waals surface area (Å²) in [5.74, 6) is 4.30. The van der Waals surface area contributed by atoms with Gasteiger partial charge in [0.2, 0.25) is 0 Å². The van der Waals surface area contributed by atoms with Crippen molar-refractivity contribution in [1.82, 2.24) is 4.90 Å². The molecule has 1 atom stereocenters. The van der Waals surface area contributed by atoms with Gasteiger partial charge in [0.05, 0.1) is 18.2 Å². The van der Waals surface area contributed by atoms with Crippen molar-refractivity contribution < 1.29 is 19.4 Å². The standard InChI is InChI=1S/C16H18FNO3/c17-13-7-6-12(4-3-9-19)15(10-13)16(21)18-8-2-1-5-14(18)11-20/h6-7,10,14,19-20H,1-2,5,8-9,11H2. The van der Waals surface area contributed by atoms with Crippen molar-refractivity contribution in [2.24, 2.45) is 0 Å². The van der Waals surface area contributed by atoms with Crippen LogP contribution in [0.4, 0.5) is 4.39 Å². The van der Waals surface area contributed by atoms with Crippen LogP contribution < -0.4 is 0 Å². The van der Waals surface area contributed by atoms with Crippen LogP contribution in [0.5, 0.6) is 0 Å². The van der Waals surface area contributed by atoms with Gasteiger partial charge in [0.15, 0.2) is 0 Å². The molecule has 0 saturated carbocycles. The molecular weight excluding hydrogens is 273 g/mol. The number of benzene rings is 1. The Morgan fingerprint density at radius 1 is 1.38 bits per heavy atom. The van der Waals surface area contributed by atoms with Gasteiger partial charge in [-0.3, -0.25) is 4.79 Å². The molecule has 1 amide bonds. The number of rotatable bonds is 2. The second kappa shape index (κ2) is 7.21. The molecule has 0 aromatic heterocycles. The van der Waals surface area contributed by atoms with E-state index in [-0.39, 0.29) is 30.7 Å². The lowest BCUT2D eigenvalue weighted by Crippen LogP contribution is -2.45. The highest BCUT2D eigenvalue weighted by molar-refractivity contribution is 5.97. The van der Waals surface area contributed by atoms with E-state index in [1.54, 1.807) is 4.90 Å². The van der Waals surface area contributed by atoms with Gasteiger partial charge in [0, 0.05) is 12.1 Å². The largest absolute Gasteiger partial charge is 0.394 e. The number of carbonyl (C=O) groups is 1. The summed E-state index contributed by atoms with van der Waals surface area (Å²) in [5, 5.41) is 18.2. The average molecular weight is 291 g/mol. The fourth-order valence-corrected chi connectivity index (χ4v) is 2.55. The molecule has 2 N–H and O–H groups in total. The Hall–Kier alpha value is -1.90. The Balaban J connectivity index is 2.35. The highest BCUT2D eigenvalue weighted by atomic mass is 19.1. The molecule has 2 rings (SSSR count). The minimum Gasteiger partial charge on any atom is -0.394 e. The van der Waals surface area contributed by atoms with Crippen LogP contribution in [0.2, 0.25) is 0 Å². The molecule has 1 heterocycles. The smallest absolute Gasteiger partial charge is 0.255 e. The third-order valence-corrected chi connectivity index (χ3v) is 3.61. The van der Waals surface area contributed by atoms with Crippen LogP contribution >= 0.6 is 0 Å². The van der Waals surface area contributed by atoms with Crippen LogP contribution in [0.3, 0.4) is 0 Å². The molecule has 112 valence electrons. The molecule has 1 aliphatic heterocycles. The number of aliphatic hydroxyl groups is 2. The van der Waals surface area contributed by atoms with Crippen molar-refractivity contribution >= 4 is 5.91 Å². The lowest BCUT2D eigenvalue weighted by atomic mass is 9.99. The van der Waals surface area contributed by atoms with Gasteiger partial charge in [-0.25, -0.2) is 4.39 Å². The van der Waals surface area contributed by atoms with Gasteiger partial charge < -0.3 is 15.1 Å². The van der Waals surface area contributed by atoms with E-state index in [1.165, 1.54) is 12.1 Å². The summed E-state index contributed by atoms with van der Waals surface area (Å²) in [6.45, 7) is 0.125. The lowest BCUT2D eigenvalue weighted by molar-refractivity contribution is 0.0502. The number of amides is 1. The van der Waals surface area contributed by atoms with Crippen LogP contribution in [-0.4, -0.2) is 46.8 Å². The molecule has 1 aromatic rings. The highest BCUT2D eigenvalue weighted by Crippen LogP contribution is 2.21. The summed E-state index contributed by atoms with van der Waals surface area (Å²) in [7, 11) is 0. The molecule has 1 aliphatic rings. The van der Waals surface area contributed by atoms with E-state index in [9.17, 15) is 14.3 Å². The number of nitrogens with zero attached hydrogens (tertiary/aromatic N) is 1. The van der Waals surface area contributed by atoms with Crippen LogP contribution in [0, 0.1) is 17.7 Å². The number of carbonyl (C=O) groups excluding carboxylic acids is 1. The zero-order valence-electron chi connectivity index (χ0n) is 11.7. The van der Waals surface area contributed by atoms with E-state index in [1.807, 2.05) is 0 Å². The Labute approximate surface area is 123 Å². The first kappa shape index (κ1) is 15.5. The molecule has 0 spiro atoms. The lowest BCUT2D eigenvalue weighted by Gasteiger charge is -2.34. The molecular formula is C16H18FNO3. The fourth-order valence-electron chi connectivity index (χ4n) is 2.55. The first-order chi connectivity index (χ1) is 10.2. The summed E-state index contributed by atoms with van der Waals surface area (Å²) >= 11 is 0. The van der Waals surface area contributed by atoms with Gasteiger partial charge in [-0.05, 0) is 37.5 Å². The predicted octanol–water partition coefficient (Wildman–Crippen LogP) is 1.16. The van der Waals surface area contributed by atoms with Gasteiger partial charge in [0.25, 0.3) is 5.91 Å². The van der Waals surface area contributed by atoms with Crippen molar-refractivity contribution in [3.8, 4) is 11.8 Å². The van der Waals surface area contributed by atoms with Crippen molar-refractivity contribution in [3.63, 3.8) is 0 Å². The molecule has 1 unspecified atom stereocenters. The zero-order valence-corrected chi connectivity index (χ0v) is 11.7. The van der Waals surface area contributed by atoms with E-state index in [4.69, 9.17) is 5.11 Å². The predicted molar refractivity (Wildman–Crippen MR) is 76.1 cm³/mol. The van der Waals surface area contributed by atoms with E-state index < -0.39 is 5.82 Å². The number of aliphatic hydroxyl groups excluding tert-OH is 2.